The van der Waals surface area contributed by atoms with Crippen LogP contribution in [0.25, 0.3) is 16.5 Å². The van der Waals surface area contributed by atoms with Gasteiger partial charge in [-0.3, -0.25) is 0 Å². The number of hydrogen-bond acceptors (Lipinski definition) is 3. The Morgan fingerprint density at radius 3 is 2.83 bits per heavy atom. The number of fused-ring (bicyclic) bond motifs is 1. The van der Waals surface area contributed by atoms with Gasteiger partial charge in [0, 0.05) is 24.0 Å². The van der Waals surface area contributed by atoms with E-state index in [1.807, 2.05) is 20.8 Å². The van der Waals surface area contributed by atoms with Crippen molar-refractivity contribution in [3.8, 4) is 0 Å². The normalized spacial score (nSPS) is 16.0. The first-order valence-corrected chi connectivity index (χ1v) is 8.17. The summed E-state index contributed by atoms with van der Waals surface area (Å²) < 4.78 is 24.8. The monoisotopic (exact) mass is 331 g/mol. The van der Waals surface area contributed by atoms with Gasteiger partial charge in [0.05, 0.1) is 6.26 Å². The van der Waals surface area contributed by atoms with Gasteiger partial charge in [0.2, 0.25) is 0 Å². The first-order valence-electron chi connectivity index (χ1n) is 8.17. The molecule has 0 spiro atoms. The van der Waals surface area contributed by atoms with Gasteiger partial charge in [0.15, 0.2) is 0 Å². The molecular weight excluding hydrogens is 309 g/mol. The molecule has 2 heterocycles. The van der Waals surface area contributed by atoms with Crippen LogP contribution in [-0.2, 0) is 4.74 Å². The zero-order valence-electron chi connectivity index (χ0n) is 14.3. The lowest BCUT2D eigenvalue weighted by molar-refractivity contribution is 0.0260. The Labute approximate surface area is 140 Å². The molecule has 1 aromatic carbocycles. The van der Waals surface area contributed by atoms with Crippen molar-refractivity contribution >= 4 is 22.6 Å². The molecule has 24 heavy (non-hydrogen) atoms. The second-order valence-electron chi connectivity index (χ2n) is 7.03. The molecule has 128 valence electrons. The van der Waals surface area contributed by atoms with Crippen molar-refractivity contribution in [2.45, 2.75) is 39.2 Å². The summed E-state index contributed by atoms with van der Waals surface area (Å²) >= 11 is 0. The molecule has 0 fully saturated rings. The highest BCUT2D eigenvalue weighted by Gasteiger charge is 2.24. The molecule has 1 amide bonds. The Morgan fingerprint density at radius 1 is 1.29 bits per heavy atom. The summed E-state index contributed by atoms with van der Waals surface area (Å²) in [5.41, 5.74) is 1.94. The third-order valence-corrected chi connectivity index (χ3v) is 3.95. The summed E-state index contributed by atoms with van der Waals surface area (Å²) in [7, 11) is 0. The van der Waals surface area contributed by atoms with Crippen LogP contribution in [0.5, 0.6) is 0 Å². The number of furan rings is 1. The molecule has 2 aromatic rings. The van der Waals surface area contributed by atoms with Crippen molar-refractivity contribution in [3.63, 3.8) is 0 Å². The van der Waals surface area contributed by atoms with Crippen LogP contribution in [-0.4, -0.2) is 29.7 Å². The third-order valence-electron chi connectivity index (χ3n) is 3.95. The van der Waals surface area contributed by atoms with E-state index in [0.29, 0.717) is 31.5 Å². The first-order chi connectivity index (χ1) is 11.3. The molecule has 0 radical (unpaired) electrons. The number of ether oxygens (including phenoxy) is 1. The van der Waals surface area contributed by atoms with E-state index in [9.17, 15) is 9.18 Å². The fraction of sp³-hybridized carbons (Fsp3) is 0.421. The Bertz CT molecular complexity index is 785. The summed E-state index contributed by atoms with van der Waals surface area (Å²) in [6.45, 7) is 6.70. The van der Waals surface area contributed by atoms with Gasteiger partial charge in [-0.2, -0.15) is 0 Å². The molecule has 0 saturated heterocycles. The SMILES string of the molecule is CC(C)(C)OC(=O)N1CCC=C(c2cc(F)cc3ccoc23)CC1. The minimum absolute atomic E-state index is 0.284. The van der Waals surface area contributed by atoms with Crippen molar-refractivity contribution in [1.82, 2.24) is 4.90 Å². The molecule has 0 bridgehead atoms. The molecule has 0 saturated carbocycles. The summed E-state index contributed by atoms with van der Waals surface area (Å²) in [6.07, 6.45) is 4.66. The number of nitrogens with zero attached hydrogens (tertiary/aromatic N) is 1. The van der Waals surface area contributed by atoms with Crippen LogP contribution in [0, 0.1) is 5.82 Å². The fourth-order valence-corrected chi connectivity index (χ4v) is 2.90. The van der Waals surface area contributed by atoms with E-state index in [-0.39, 0.29) is 11.9 Å². The van der Waals surface area contributed by atoms with Gasteiger partial charge in [-0.05, 0) is 57.4 Å². The average Bonchev–Trinajstić information content (AvgIpc) is 2.80. The van der Waals surface area contributed by atoms with Crippen LogP contribution in [0.4, 0.5) is 9.18 Å². The molecule has 0 unspecified atom stereocenters. The van der Waals surface area contributed by atoms with Gasteiger partial charge in [0.1, 0.15) is 17.0 Å². The average molecular weight is 331 g/mol. The number of hydrogen-bond donors (Lipinski definition) is 0. The minimum atomic E-state index is -0.511. The summed E-state index contributed by atoms with van der Waals surface area (Å²) in [4.78, 5) is 13.9. The summed E-state index contributed by atoms with van der Waals surface area (Å²) in [6, 6.07) is 4.72. The molecule has 1 aliphatic rings. The zero-order valence-corrected chi connectivity index (χ0v) is 14.3. The predicted molar refractivity (Wildman–Crippen MR) is 91.2 cm³/mol. The Hall–Kier alpha value is -2.30. The van der Waals surface area contributed by atoms with E-state index in [1.54, 1.807) is 17.2 Å². The highest BCUT2D eigenvalue weighted by molar-refractivity contribution is 5.90. The number of benzene rings is 1. The molecular formula is C19H22FNO3. The molecule has 3 rings (SSSR count). The van der Waals surface area contributed by atoms with Gasteiger partial charge >= 0.3 is 6.09 Å². The molecule has 0 N–H and O–H groups in total. The third kappa shape index (κ3) is 3.61. The van der Waals surface area contributed by atoms with Crippen LogP contribution in [0.3, 0.4) is 0 Å². The van der Waals surface area contributed by atoms with E-state index < -0.39 is 5.60 Å². The lowest BCUT2D eigenvalue weighted by Crippen LogP contribution is -2.37. The Morgan fingerprint density at radius 2 is 2.08 bits per heavy atom. The number of carbonyl (C=O) groups is 1. The zero-order chi connectivity index (χ0) is 17.3. The standard InChI is InChI=1S/C19H22FNO3/c1-19(2,3)24-18(22)21-8-4-5-13(6-9-21)16-12-15(20)11-14-7-10-23-17(14)16/h5,7,10-12H,4,6,8-9H2,1-3H3. The predicted octanol–water partition coefficient (Wildman–Crippen LogP) is 4.99. The fourth-order valence-electron chi connectivity index (χ4n) is 2.90. The topological polar surface area (TPSA) is 42.7 Å². The van der Waals surface area contributed by atoms with Crippen molar-refractivity contribution < 1.29 is 18.3 Å². The van der Waals surface area contributed by atoms with E-state index >= 15 is 0 Å². The van der Waals surface area contributed by atoms with E-state index in [1.165, 1.54) is 12.1 Å². The summed E-state index contributed by atoms with van der Waals surface area (Å²) in [5, 5.41) is 0.749. The second-order valence-corrected chi connectivity index (χ2v) is 7.03. The lowest BCUT2D eigenvalue weighted by atomic mass is 10.00. The van der Waals surface area contributed by atoms with E-state index in [0.717, 1.165) is 16.5 Å². The molecule has 5 heteroatoms. The number of amides is 1. The molecule has 0 atom stereocenters. The van der Waals surface area contributed by atoms with Gasteiger partial charge in [-0.25, -0.2) is 9.18 Å². The number of carbonyl (C=O) groups excluding carboxylic acids is 1. The number of rotatable bonds is 1. The van der Waals surface area contributed by atoms with Crippen LogP contribution in [0.1, 0.15) is 39.2 Å². The molecule has 0 aliphatic carbocycles. The van der Waals surface area contributed by atoms with Gasteiger partial charge in [-0.15, -0.1) is 0 Å². The van der Waals surface area contributed by atoms with Crippen molar-refractivity contribution in [3.05, 3.63) is 41.9 Å². The Kier molecular flexibility index (Phi) is 4.35. The van der Waals surface area contributed by atoms with Crippen LogP contribution in [0.15, 0.2) is 35.0 Å². The van der Waals surface area contributed by atoms with Crippen LogP contribution < -0.4 is 0 Å². The van der Waals surface area contributed by atoms with Crippen LogP contribution >= 0.6 is 0 Å². The maximum atomic E-state index is 13.9. The molecule has 1 aliphatic heterocycles. The molecule has 4 nitrogen and oxygen atoms in total. The van der Waals surface area contributed by atoms with Crippen molar-refractivity contribution in [1.29, 1.82) is 0 Å². The van der Waals surface area contributed by atoms with Crippen molar-refractivity contribution in [2.24, 2.45) is 0 Å². The largest absolute Gasteiger partial charge is 0.464 e. The first kappa shape index (κ1) is 16.6. The minimum Gasteiger partial charge on any atom is -0.464 e. The maximum absolute atomic E-state index is 13.9. The summed E-state index contributed by atoms with van der Waals surface area (Å²) in [5.74, 6) is -0.284. The van der Waals surface area contributed by atoms with Gasteiger partial charge < -0.3 is 14.1 Å². The van der Waals surface area contributed by atoms with Crippen molar-refractivity contribution in [2.75, 3.05) is 13.1 Å². The smallest absolute Gasteiger partial charge is 0.410 e. The van der Waals surface area contributed by atoms with E-state index in [2.05, 4.69) is 6.08 Å². The Balaban J connectivity index is 1.79. The quantitative estimate of drug-likeness (QED) is 0.739. The second kappa shape index (κ2) is 6.30. The highest BCUT2D eigenvalue weighted by Crippen LogP contribution is 2.31. The number of halogens is 1. The van der Waals surface area contributed by atoms with Gasteiger partial charge in [-0.1, -0.05) is 6.08 Å². The maximum Gasteiger partial charge on any atom is 0.410 e. The van der Waals surface area contributed by atoms with Gasteiger partial charge in [0.25, 0.3) is 0 Å². The lowest BCUT2D eigenvalue weighted by Gasteiger charge is -2.26. The van der Waals surface area contributed by atoms with Crippen LogP contribution in [0.2, 0.25) is 0 Å². The highest BCUT2D eigenvalue weighted by atomic mass is 19.1. The van der Waals surface area contributed by atoms with E-state index in [4.69, 9.17) is 9.15 Å². The molecule has 1 aromatic heterocycles.